The Bertz CT molecular complexity index is 1020. The maximum atomic E-state index is 12.8. The Balaban J connectivity index is 0.00000280. The van der Waals surface area contributed by atoms with Gasteiger partial charge in [0.05, 0.1) is 21.2 Å². The highest BCUT2D eigenvalue weighted by molar-refractivity contribution is 7.92. The standard InChI is InChI=1S/C18H23N3O4S2.H2/c1-20(2)27(24,25)16-11-9-15(10-12-16)26(22,23)19-17-7-3-4-8-18(17)21-13-5-6-14-21;/h3-4,7-12,19H,5-6,13-14H2,1-2H3;1H. The highest BCUT2D eigenvalue weighted by Crippen LogP contribution is 2.30. The van der Waals surface area contributed by atoms with Crippen LogP contribution in [-0.2, 0) is 20.0 Å². The molecule has 0 unspecified atom stereocenters. The first-order chi connectivity index (χ1) is 12.7. The van der Waals surface area contributed by atoms with Gasteiger partial charge in [-0.05, 0) is 49.2 Å². The summed E-state index contributed by atoms with van der Waals surface area (Å²) in [5, 5.41) is 0. The second-order valence-electron chi connectivity index (χ2n) is 6.58. The predicted molar refractivity (Wildman–Crippen MR) is 108 cm³/mol. The zero-order valence-corrected chi connectivity index (χ0v) is 16.9. The van der Waals surface area contributed by atoms with Gasteiger partial charge in [-0.25, -0.2) is 21.1 Å². The minimum atomic E-state index is -3.83. The van der Waals surface area contributed by atoms with Crippen molar-refractivity contribution >= 4 is 31.4 Å². The molecule has 0 aromatic heterocycles. The summed E-state index contributed by atoms with van der Waals surface area (Å²) in [7, 11) is -4.58. The summed E-state index contributed by atoms with van der Waals surface area (Å²) in [5.41, 5.74) is 1.37. The number of nitrogens with one attached hydrogen (secondary N) is 1. The number of hydrogen-bond acceptors (Lipinski definition) is 5. The molecule has 1 N–H and O–H groups in total. The summed E-state index contributed by atoms with van der Waals surface area (Å²) in [5.74, 6) is 0. The average Bonchev–Trinajstić information content (AvgIpc) is 3.16. The molecular weight excluding hydrogens is 386 g/mol. The van der Waals surface area contributed by atoms with Gasteiger partial charge in [-0.15, -0.1) is 0 Å². The molecule has 7 nitrogen and oxygen atoms in total. The molecule has 0 atom stereocenters. The fraction of sp³-hybridized carbons (Fsp3) is 0.333. The molecule has 2 aromatic carbocycles. The summed E-state index contributed by atoms with van der Waals surface area (Å²) in [6.07, 6.45) is 2.17. The third kappa shape index (κ3) is 4.10. The number of rotatable bonds is 6. The van der Waals surface area contributed by atoms with Gasteiger partial charge >= 0.3 is 0 Å². The number of benzene rings is 2. The Kier molecular flexibility index (Phi) is 5.45. The smallest absolute Gasteiger partial charge is 0.261 e. The molecule has 0 bridgehead atoms. The third-order valence-corrected chi connectivity index (χ3v) is 7.72. The van der Waals surface area contributed by atoms with Crippen molar-refractivity contribution in [2.45, 2.75) is 22.6 Å². The molecule has 9 heteroatoms. The normalized spacial score (nSPS) is 15.3. The topological polar surface area (TPSA) is 86.8 Å². The molecule has 0 radical (unpaired) electrons. The first kappa shape index (κ1) is 19.7. The van der Waals surface area contributed by atoms with Crippen LogP contribution in [0.15, 0.2) is 58.3 Å². The first-order valence-corrected chi connectivity index (χ1v) is 11.5. The highest BCUT2D eigenvalue weighted by Gasteiger charge is 2.22. The van der Waals surface area contributed by atoms with E-state index in [0.29, 0.717) is 5.69 Å². The molecule has 0 aliphatic carbocycles. The van der Waals surface area contributed by atoms with Gasteiger partial charge in [-0.1, -0.05) is 12.1 Å². The van der Waals surface area contributed by atoms with Gasteiger partial charge in [0.25, 0.3) is 10.0 Å². The second kappa shape index (κ2) is 7.49. The average molecular weight is 412 g/mol. The lowest BCUT2D eigenvalue weighted by molar-refractivity contribution is 0.520. The molecule has 0 amide bonds. The lowest BCUT2D eigenvalue weighted by Gasteiger charge is -2.22. The third-order valence-electron chi connectivity index (χ3n) is 4.51. The van der Waals surface area contributed by atoms with Gasteiger partial charge in [-0.3, -0.25) is 4.72 Å². The van der Waals surface area contributed by atoms with Crippen molar-refractivity contribution in [3.05, 3.63) is 48.5 Å². The number of hydrogen-bond donors (Lipinski definition) is 1. The van der Waals surface area contributed by atoms with E-state index in [1.165, 1.54) is 38.4 Å². The fourth-order valence-electron chi connectivity index (χ4n) is 3.00. The minimum Gasteiger partial charge on any atom is -0.370 e. The van der Waals surface area contributed by atoms with Crippen molar-refractivity contribution < 1.29 is 18.3 Å². The van der Waals surface area contributed by atoms with E-state index < -0.39 is 20.0 Å². The van der Waals surface area contributed by atoms with Crippen LogP contribution in [0.4, 0.5) is 11.4 Å². The van der Waals surface area contributed by atoms with Crippen LogP contribution in [0.1, 0.15) is 14.3 Å². The van der Waals surface area contributed by atoms with Crippen molar-refractivity contribution in [1.82, 2.24) is 4.31 Å². The zero-order chi connectivity index (χ0) is 19.7. The molecule has 0 spiro atoms. The van der Waals surface area contributed by atoms with Crippen molar-refractivity contribution in [3.63, 3.8) is 0 Å². The Morgan fingerprint density at radius 1 is 0.889 bits per heavy atom. The molecule has 27 heavy (non-hydrogen) atoms. The quantitative estimate of drug-likeness (QED) is 0.789. The second-order valence-corrected chi connectivity index (χ2v) is 10.4. The molecule has 1 aliphatic heterocycles. The van der Waals surface area contributed by atoms with Gasteiger partial charge in [0.15, 0.2) is 0 Å². The maximum Gasteiger partial charge on any atom is 0.261 e. The van der Waals surface area contributed by atoms with Gasteiger partial charge in [-0.2, -0.15) is 0 Å². The molecule has 148 valence electrons. The van der Waals surface area contributed by atoms with Crippen LogP contribution in [0.5, 0.6) is 0 Å². The number of para-hydroxylation sites is 2. The van der Waals surface area contributed by atoms with E-state index in [9.17, 15) is 16.8 Å². The van der Waals surface area contributed by atoms with Crippen LogP contribution >= 0.6 is 0 Å². The molecule has 1 fully saturated rings. The Morgan fingerprint density at radius 3 is 2.04 bits per heavy atom. The Hall–Kier alpha value is -2.10. The van der Waals surface area contributed by atoms with Gasteiger partial charge in [0, 0.05) is 28.6 Å². The molecule has 1 aliphatic rings. The Labute approximate surface area is 162 Å². The van der Waals surface area contributed by atoms with Crippen molar-refractivity contribution in [2.75, 3.05) is 36.8 Å². The highest BCUT2D eigenvalue weighted by atomic mass is 32.2. The molecule has 3 rings (SSSR count). The summed E-state index contributed by atoms with van der Waals surface area (Å²) in [6, 6.07) is 12.5. The fourth-order valence-corrected chi connectivity index (χ4v) is 4.98. The zero-order valence-electron chi connectivity index (χ0n) is 15.3. The number of sulfonamides is 2. The number of anilines is 2. The molecule has 1 heterocycles. The van der Waals surface area contributed by atoms with Crippen LogP contribution in [0.25, 0.3) is 0 Å². The van der Waals surface area contributed by atoms with Crippen LogP contribution < -0.4 is 9.62 Å². The van der Waals surface area contributed by atoms with E-state index in [-0.39, 0.29) is 11.2 Å². The molecule has 2 aromatic rings. The van der Waals surface area contributed by atoms with Gasteiger partial charge < -0.3 is 4.90 Å². The van der Waals surface area contributed by atoms with E-state index in [1.807, 2.05) is 12.1 Å². The Morgan fingerprint density at radius 2 is 1.44 bits per heavy atom. The van der Waals surface area contributed by atoms with Crippen LogP contribution in [-0.4, -0.2) is 48.3 Å². The van der Waals surface area contributed by atoms with Crippen LogP contribution in [0.3, 0.4) is 0 Å². The van der Waals surface area contributed by atoms with Crippen molar-refractivity contribution in [3.8, 4) is 0 Å². The predicted octanol–water partition coefficient (Wildman–Crippen LogP) is 2.58. The maximum absolute atomic E-state index is 12.8. The monoisotopic (exact) mass is 411 g/mol. The first-order valence-electron chi connectivity index (χ1n) is 8.61. The summed E-state index contributed by atoms with van der Waals surface area (Å²) >= 11 is 0. The summed E-state index contributed by atoms with van der Waals surface area (Å²) in [6.45, 7) is 1.80. The van der Waals surface area contributed by atoms with Gasteiger partial charge in [0.1, 0.15) is 0 Å². The molecule has 1 saturated heterocycles. The van der Waals surface area contributed by atoms with Gasteiger partial charge in [0.2, 0.25) is 10.0 Å². The van der Waals surface area contributed by atoms with E-state index >= 15 is 0 Å². The lowest BCUT2D eigenvalue weighted by atomic mass is 10.2. The lowest BCUT2D eigenvalue weighted by Crippen LogP contribution is -2.22. The number of nitrogens with zero attached hydrogens (tertiary/aromatic N) is 2. The van der Waals surface area contributed by atoms with E-state index in [1.54, 1.807) is 12.1 Å². The van der Waals surface area contributed by atoms with Crippen molar-refractivity contribution in [1.29, 1.82) is 0 Å². The molecule has 0 saturated carbocycles. The van der Waals surface area contributed by atoms with E-state index in [4.69, 9.17) is 0 Å². The molecular formula is C18H25N3O4S2. The van der Waals surface area contributed by atoms with Crippen LogP contribution in [0.2, 0.25) is 0 Å². The minimum absolute atomic E-state index is 0. The van der Waals surface area contributed by atoms with Crippen molar-refractivity contribution in [2.24, 2.45) is 0 Å². The van der Waals surface area contributed by atoms with E-state index in [2.05, 4.69) is 9.62 Å². The SMILES string of the molecule is CN(C)S(=O)(=O)c1ccc(S(=O)(=O)Nc2ccccc2N2CCCC2)cc1.[HH]. The largest absolute Gasteiger partial charge is 0.370 e. The van der Waals surface area contributed by atoms with E-state index in [0.717, 1.165) is 35.9 Å². The summed E-state index contributed by atoms with van der Waals surface area (Å²) < 4.78 is 53.5. The van der Waals surface area contributed by atoms with Crippen LogP contribution in [0, 0.1) is 0 Å². The summed E-state index contributed by atoms with van der Waals surface area (Å²) in [4.78, 5) is 2.21.